The first-order valence-electron chi connectivity index (χ1n) is 6.76. The number of ether oxygens (including phenoxy) is 1. The van der Waals surface area contributed by atoms with E-state index in [1.807, 2.05) is 26.0 Å². The van der Waals surface area contributed by atoms with Gasteiger partial charge in [-0.1, -0.05) is 17.7 Å². The number of hydrogen-bond acceptors (Lipinski definition) is 4. The van der Waals surface area contributed by atoms with E-state index in [0.29, 0.717) is 17.0 Å². The van der Waals surface area contributed by atoms with Crippen LogP contribution in [0, 0.1) is 13.8 Å². The lowest BCUT2D eigenvalue weighted by Gasteiger charge is -2.09. The summed E-state index contributed by atoms with van der Waals surface area (Å²) in [6, 6.07) is 11.3. The summed E-state index contributed by atoms with van der Waals surface area (Å²) in [5.41, 5.74) is 7.71. The van der Waals surface area contributed by atoms with Crippen molar-refractivity contribution < 1.29 is 9.84 Å². The first-order valence-corrected chi connectivity index (χ1v) is 6.76. The summed E-state index contributed by atoms with van der Waals surface area (Å²) < 4.78 is 5.07. The van der Waals surface area contributed by atoms with Crippen LogP contribution in [0.2, 0.25) is 0 Å². The van der Waals surface area contributed by atoms with Gasteiger partial charge in [0.2, 0.25) is 0 Å². The molecule has 0 heterocycles. The highest BCUT2D eigenvalue weighted by Gasteiger charge is 2.06. The fourth-order valence-corrected chi connectivity index (χ4v) is 2.09. The molecule has 110 valence electrons. The molecule has 0 aliphatic rings. The molecule has 0 spiro atoms. The number of hydrogen-bond donors (Lipinski definition) is 2. The lowest BCUT2D eigenvalue weighted by molar-refractivity contribution is 0.407. The van der Waals surface area contributed by atoms with Crippen LogP contribution in [0.3, 0.4) is 0 Å². The Labute approximate surface area is 125 Å². The molecule has 0 aliphatic heterocycles. The van der Waals surface area contributed by atoms with Crippen LogP contribution in [0.15, 0.2) is 41.5 Å². The zero-order valence-electron chi connectivity index (χ0n) is 12.8. The van der Waals surface area contributed by atoms with Crippen LogP contribution in [-0.2, 0) is 0 Å². The van der Waals surface area contributed by atoms with E-state index in [9.17, 15) is 5.11 Å². The molecule has 0 fully saturated rings. The Morgan fingerprint density at radius 3 is 2.52 bits per heavy atom. The summed E-state index contributed by atoms with van der Waals surface area (Å²) in [5, 5.41) is 14.3. The number of anilines is 1. The smallest absolute Gasteiger partial charge is 0.128 e. The summed E-state index contributed by atoms with van der Waals surface area (Å²) in [7, 11) is 1.57. The molecule has 0 aliphatic carbocycles. The lowest BCUT2D eigenvalue weighted by Crippen LogP contribution is -2.01. The average Bonchev–Trinajstić information content (AvgIpc) is 2.45. The molecule has 0 bridgehead atoms. The molecule has 0 unspecified atom stereocenters. The van der Waals surface area contributed by atoms with Crippen molar-refractivity contribution in [1.29, 1.82) is 0 Å². The molecule has 2 rings (SSSR count). The van der Waals surface area contributed by atoms with Gasteiger partial charge in [-0.25, -0.2) is 0 Å². The molecule has 0 saturated carbocycles. The first kappa shape index (κ1) is 14.9. The van der Waals surface area contributed by atoms with Crippen molar-refractivity contribution >= 4 is 11.4 Å². The molecule has 0 saturated heterocycles. The Kier molecular flexibility index (Phi) is 4.48. The quantitative estimate of drug-likeness (QED) is 0.662. The van der Waals surface area contributed by atoms with Crippen molar-refractivity contribution in [2.24, 2.45) is 5.10 Å². The molecule has 0 atom stereocenters. The highest BCUT2D eigenvalue weighted by atomic mass is 16.5. The molecule has 2 aromatic carbocycles. The van der Waals surface area contributed by atoms with Gasteiger partial charge in [-0.2, -0.15) is 5.10 Å². The SMILES string of the molecule is COc1ccc(C(C)=NNc2ccc(C)cc2C)c(O)c1. The largest absolute Gasteiger partial charge is 0.507 e. The van der Waals surface area contributed by atoms with Gasteiger partial charge in [-0.05, 0) is 44.5 Å². The Bertz CT molecular complexity index is 678. The lowest BCUT2D eigenvalue weighted by atomic mass is 10.1. The van der Waals surface area contributed by atoms with Gasteiger partial charge in [0.1, 0.15) is 11.5 Å². The number of methoxy groups -OCH3 is 1. The highest BCUT2D eigenvalue weighted by Crippen LogP contribution is 2.24. The van der Waals surface area contributed by atoms with E-state index in [1.54, 1.807) is 25.3 Å². The maximum Gasteiger partial charge on any atom is 0.128 e. The maximum atomic E-state index is 9.99. The van der Waals surface area contributed by atoms with Crippen molar-refractivity contribution in [1.82, 2.24) is 0 Å². The second kappa shape index (κ2) is 6.31. The van der Waals surface area contributed by atoms with Crippen molar-refractivity contribution in [3.8, 4) is 11.5 Å². The van der Waals surface area contributed by atoms with Gasteiger partial charge in [0.15, 0.2) is 0 Å². The van der Waals surface area contributed by atoms with Crippen LogP contribution >= 0.6 is 0 Å². The number of phenols is 1. The van der Waals surface area contributed by atoms with Crippen LogP contribution < -0.4 is 10.2 Å². The van der Waals surface area contributed by atoms with Crippen molar-refractivity contribution in [2.75, 3.05) is 12.5 Å². The predicted octanol–water partition coefficient (Wildman–Crippen LogP) is 3.85. The van der Waals surface area contributed by atoms with Crippen molar-refractivity contribution in [2.45, 2.75) is 20.8 Å². The molecular weight excluding hydrogens is 264 g/mol. The third-order valence-corrected chi connectivity index (χ3v) is 3.32. The topological polar surface area (TPSA) is 53.8 Å². The zero-order valence-corrected chi connectivity index (χ0v) is 12.8. The van der Waals surface area contributed by atoms with E-state index in [1.165, 1.54) is 5.56 Å². The number of benzene rings is 2. The number of aromatic hydroxyl groups is 1. The number of rotatable bonds is 4. The third-order valence-electron chi connectivity index (χ3n) is 3.32. The summed E-state index contributed by atoms with van der Waals surface area (Å²) in [5.74, 6) is 0.768. The summed E-state index contributed by atoms with van der Waals surface area (Å²) in [6.07, 6.45) is 0. The van der Waals surface area contributed by atoms with E-state index in [4.69, 9.17) is 4.74 Å². The summed E-state index contributed by atoms with van der Waals surface area (Å²) in [6.45, 7) is 5.93. The van der Waals surface area contributed by atoms with E-state index < -0.39 is 0 Å². The van der Waals surface area contributed by atoms with Crippen molar-refractivity contribution in [3.63, 3.8) is 0 Å². The molecule has 21 heavy (non-hydrogen) atoms. The Morgan fingerprint density at radius 1 is 1.14 bits per heavy atom. The molecular formula is C17H20N2O2. The predicted molar refractivity (Wildman–Crippen MR) is 86.4 cm³/mol. The molecule has 2 N–H and O–H groups in total. The van der Waals surface area contributed by atoms with Crippen LogP contribution in [0.1, 0.15) is 23.6 Å². The normalized spacial score (nSPS) is 11.3. The number of aryl methyl sites for hydroxylation is 2. The summed E-state index contributed by atoms with van der Waals surface area (Å²) >= 11 is 0. The molecule has 0 radical (unpaired) electrons. The minimum absolute atomic E-state index is 0.151. The van der Waals surface area contributed by atoms with Crippen LogP contribution in [0.4, 0.5) is 5.69 Å². The van der Waals surface area contributed by atoms with Crippen LogP contribution in [-0.4, -0.2) is 17.9 Å². The van der Waals surface area contributed by atoms with Gasteiger partial charge in [0, 0.05) is 11.6 Å². The fourth-order valence-electron chi connectivity index (χ4n) is 2.09. The number of nitrogens with one attached hydrogen (secondary N) is 1. The molecule has 0 amide bonds. The van der Waals surface area contributed by atoms with Gasteiger partial charge >= 0.3 is 0 Å². The Hall–Kier alpha value is -2.49. The molecule has 2 aromatic rings. The molecule has 4 nitrogen and oxygen atoms in total. The zero-order chi connectivity index (χ0) is 15.4. The van der Waals surface area contributed by atoms with Gasteiger partial charge in [0.05, 0.1) is 18.5 Å². The van der Waals surface area contributed by atoms with Gasteiger partial charge in [-0.15, -0.1) is 0 Å². The van der Waals surface area contributed by atoms with E-state index in [2.05, 4.69) is 23.5 Å². The number of phenolic OH excluding ortho intramolecular Hbond substituents is 1. The second-order valence-electron chi connectivity index (χ2n) is 5.01. The van der Waals surface area contributed by atoms with Gasteiger partial charge < -0.3 is 9.84 Å². The molecule has 4 heteroatoms. The Morgan fingerprint density at radius 2 is 1.90 bits per heavy atom. The van der Waals surface area contributed by atoms with Crippen LogP contribution in [0.25, 0.3) is 0 Å². The highest BCUT2D eigenvalue weighted by molar-refractivity contribution is 6.01. The number of nitrogens with zero attached hydrogens (tertiary/aromatic N) is 1. The van der Waals surface area contributed by atoms with Gasteiger partial charge in [-0.3, -0.25) is 5.43 Å². The average molecular weight is 284 g/mol. The second-order valence-corrected chi connectivity index (χ2v) is 5.01. The number of hydrazone groups is 1. The van der Waals surface area contributed by atoms with Gasteiger partial charge in [0.25, 0.3) is 0 Å². The standard InChI is InChI=1S/C17H20N2O2/c1-11-5-8-16(12(2)9-11)19-18-13(3)15-7-6-14(21-4)10-17(15)20/h5-10,19-20H,1-4H3. The fraction of sp³-hybridized carbons (Fsp3) is 0.235. The first-order chi connectivity index (χ1) is 10.0. The monoisotopic (exact) mass is 284 g/mol. The van der Waals surface area contributed by atoms with E-state index in [-0.39, 0.29) is 5.75 Å². The third kappa shape index (κ3) is 3.54. The van der Waals surface area contributed by atoms with E-state index >= 15 is 0 Å². The van der Waals surface area contributed by atoms with Crippen LogP contribution in [0.5, 0.6) is 11.5 Å². The Balaban J connectivity index is 2.21. The molecule has 0 aromatic heterocycles. The summed E-state index contributed by atoms with van der Waals surface area (Å²) in [4.78, 5) is 0. The van der Waals surface area contributed by atoms with E-state index in [0.717, 1.165) is 11.3 Å². The minimum Gasteiger partial charge on any atom is -0.507 e. The minimum atomic E-state index is 0.151. The maximum absolute atomic E-state index is 9.99. The van der Waals surface area contributed by atoms with Crippen molar-refractivity contribution in [3.05, 3.63) is 53.1 Å².